The second kappa shape index (κ2) is 7.07. The molecule has 2 aromatic heterocycles. The minimum atomic E-state index is -0.0242. The highest BCUT2D eigenvalue weighted by molar-refractivity contribution is 5.79. The standard InChI is InChI=1S/C18H21N7O/c1-23(12-14-6-3-2-4-7-14)18(26)15-8-5-11-24(13-15)17-10-9-16-19-21-22-25(16)20-17/h2-4,6-7,9-10,15H,5,8,11-13H2,1H3. The van der Waals surface area contributed by atoms with Gasteiger partial charge >= 0.3 is 0 Å². The Labute approximate surface area is 151 Å². The van der Waals surface area contributed by atoms with Gasteiger partial charge in [0.15, 0.2) is 11.5 Å². The second-order valence-electron chi connectivity index (χ2n) is 6.68. The molecule has 1 amide bonds. The summed E-state index contributed by atoms with van der Waals surface area (Å²) in [7, 11) is 1.87. The summed E-state index contributed by atoms with van der Waals surface area (Å²) in [5, 5.41) is 15.8. The smallest absolute Gasteiger partial charge is 0.227 e. The number of rotatable bonds is 4. The van der Waals surface area contributed by atoms with Gasteiger partial charge in [-0.2, -0.15) is 0 Å². The van der Waals surface area contributed by atoms with E-state index in [-0.39, 0.29) is 11.8 Å². The highest BCUT2D eigenvalue weighted by Gasteiger charge is 2.28. The summed E-state index contributed by atoms with van der Waals surface area (Å²) >= 11 is 0. The topological polar surface area (TPSA) is 79.5 Å². The Kier molecular flexibility index (Phi) is 4.47. The average Bonchev–Trinajstić information content (AvgIpc) is 3.16. The zero-order valence-corrected chi connectivity index (χ0v) is 14.7. The summed E-state index contributed by atoms with van der Waals surface area (Å²) in [6.07, 6.45) is 1.87. The molecule has 0 radical (unpaired) electrons. The average molecular weight is 351 g/mol. The highest BCUT2D eigenvalue weighted by atomic mass is 16.2. The van der Waals surface area contributed by atoms with E-state index in [4.69, 9.17) is 0 Å². The number of hydrogen-bond donors (Lipinski definition) is 0. The van der Waals surface area contributed by atoms with Crippen molar-refractivity contribution < 1.29 is 4.79 Å². The van der Waals surface area contributed by atoms with Gasteiger partial charge in [-0.15, -0.1) is 14.8 Å². The molecule has 3 heterocycles. The lowest BCUT2D eigenvalue weighted by molar-refractivity contribution is -0.135. The van der Waals surface area contributed by atoms with Crippen LogP contribution in [0.1, 0.15) is 18.4 Å². The van der Waals surface area contributed by atoms with Crippen molar-refractivity contribution in [2.75, 3.05) is 25.0 Å². The molecule has 0 aliphatic carbocycles. The van der Waals surface area contributed by atoms with Gasteiger partial charge in [-0.25, -0.2) is 0 Å². The molecule has 8 nitrogen and oxygen atoms in total. The monoisotopic (exact) mass is 351 g/mol. The quantitative estimate of drug-likeness (QED) is 0.707. The van der Waals surface area contributed by atoms with Crippen molar-refractivity contribution in [2.24, 2.45) is 5.92 Å². The van der Waals surface area contributed by atoms with Gasteiger partial charge in [0, 0.05) is 26.7 Å². The van der Waals surface area contributed by atoms with Crippen molar-refractivity contribution in [1.29, 1.82) is 0 Å². The van der Waals surface area contributed by atoms with Crippen molar-refractivity contribution in [1.82, 2.24) is 30.2 Å². The summed E-state index contributed by atoms with van der Waals surface area (Å²) in [5.41, 5.74) is 1.75. The van der Waals surface area contributed by atoms with E-state index in [9.17, 15) is 4.79 Å². The van der Waals surface area contributed by atoms with Crippen LogP contribution in [0.25, 0.3) is 5.65 Å². The molecule has 1 aliphatic rings. The lowest BCUT2D eigenvalue weighted by Gasteiger charge is -2.34. The molecule has 0 saturated carbocycles. The molecular weight excluding hydrogens is 330 g/mol. The van der Waals surface area contributed by atoms with Crippen molar-refractivity contribution in [3.63, 3.8) is 0 Å². The Morgan fingerprint density at radius 2 is 2.08 bits per heavy atom. The number of hydrogen-bond acceptors (Lipinski definition) is 6. The molecule has 26 heavy (non-hydrogen) atoms. The molecule has 0 N–H and O–H groups in total. The lowest BCUT2D eigenvalue weighted by atomic mass is 9.96. The Hall–Kier alpha value is -3.03. The third kappa shape index (κ3) is 3.35. The minimum absolute atomic E-state index is 0.0242. The maximum absolute atomic E-state index is 12.9. The van der Waals surface area contributed by atoms with Gasteiger partial charge in [0.05, 0.1) is 5.92 Å². The van der Waals surface area contributed by atoms with Gasteiger partial charge in [-0.05, 0) is 41.0 Å². The number of carbonyl (C=O) groups excluding carboxylic acids is 1. The summed E-state index contributed by atoms with van der Waals surface area (Å²) < 4.78 is 1.42. The van der Waals surface area contributed by atoms with Gasteiger partial charge in [0.2, 0.25) is 5.91 Å². The van der Waals surface area contributed by atoms with Crippen LogP contribution in [0, 0.1) is 5.92 Å². The van der Waals surface area contributed by atoms with Gasteiger partial charge in [0.25, 0.3) is 0 Å². The first-order valence-corrected chi connectivity index (χ1v) is 8.80. The molecule has 4 rings (SSSR count). The van der Waals surface area contributed by atoms with E-state index in [1.165, 1.54) is 4.63 Å². The molecule has 1 fully saturated rings. The van der Waals surface area contributed by atoms with Crippen LogP contribution in [0.4, 0.5) is 5.82 Å². The Balaban J connectivity index is 1.44. The Morgan fingerprint density at radius 1 is 1.23 bits per heavy atom. The van der Waals surface area contributed by atoms with E-state index in [1.807, 2.05) is 54.4 Å². The normalized spacial score (nSPS) is 17.4. The number of nitrogens with zero attached hydrogens (tertiary/aromatic N) is 7. The maximum atomic E-state index is 12.9. The molecule has 0 bridgehead atoms. The zero-order chi connectivity index (χ0) is 17.9. The SMILES string of the molecule is CN(Cc1ccccc1)C(=O)C1CCCN(c2ccc3nnnn3n2)C1. The van der Waals surface area contributed by atoms with Crippen LogP contribution in [0.5, 0.6) is 0 Å². The number of fused-ring (bicyclic) bond motifs is 1. The van der Waals surface area contributed by atoms with Gasteiger partial charge < -0.3 is 9.80 Å². The van der Waals surface area contributed by atoms with Crippen LogP contribution < -0.4 is 4.90 Å². The highest BCUT2D eigenvalue weighted by Crippen LogP contribution is 2.23. The van der Waals surface area contributed by atoms with Crippen LogP contribution >= 0.6 is 0 Å². The molecular formula is C18H21N7O. The number of tetrazole rings is 1. The fourth-order valence-electron chi connectivity index (χ4n) is 3.44. The molecule has 1 atom stereocenters. The number of amides is 1. The molecule has 134 valence electrons. The summed E-state index contributed by atoms with van der Waals surface area (Å²) in [5.74, 6) is 0.957. The Bertz CT molecular complexity index is 895. The molecule has 8 heteroatoms. The van der Waals surface area contributed by atoms with Crippen LogP contribution in [-0.2, 0) is 11.3 Å². The Morgan fingerprint density at radius 3 is 2.92 bits per heavy atom. The number of aromatic nitrogens is 5. The summed E-state index contributed by atoms with van der Waals surface area (Å²) in [6, 6.07) is 13.8. The van der Waals surface area contributed by atoms with Crippen molar-refractivity contribution in [3.05, 3.63) is 48.0 Å². The fourth-order valence-corrected chi connectivity index (χ4v) is 3.44. The lowest BCUT2D eigenvalue weighted by Crippen LogP contribution is -2.44. The first-order chi connectivity index (χ1) is 12.7. The van der Waals surface area contributed by atoms with E-state index in [0.717, 1.165) is 30.8 Å². The molecule has 1 aliphatic heterocycles. The van der Waals surface area contributed by atoms with E-state index >= 15 is 0 Å². The van der Waals surface area contributed by atoms with Gasteiger partial charge in [-0.1, -0.05) is 30.3 Å². The molecule has 0 spiro atoms. The van der Waals surface area contributed by atoms with Crippen LogP contribution in [0.2, 0.25) is 0 Å². The molecule has 3 aromatic rings. The van der Waals surface area contributed by atoms with Crippen LogP contribution in [-0.4, -0.2) is 56.2 Å². The third-order valence-electron chi connectivity index (χ3n) is 4.79. The first kappa shape index (κ1) is 16.4. The van der Waals surface area contributed by atoms with Crippen molar-refractivity contribution in [3.8, 4) is 0 Å². The van der Waals surface area contributed by atoms with Crippen LogP contribution in [0.15, 0.2) is 42.5 Å². The molecule has 1 saturated heterocycles. The van der Waals surface area contributed by atoms with E-state index in [0.29, 0.717) is 18.7 Å². The van der Waals surface area contributed by atoms with Crippen molar-refractivity contribution >= 4 is 17.4 Å². The second-order valence-corrected chi connectivity index (χ2v) is 6.68. The minimum Gasteiger partial charge on any atom is -0.354 e. The first-order valence-electron chi connectivity index (χ1n) is 8.80. The van der Waals surface area contributed by atoms with Gasteiger partial charge in [-0.3, -0.25) is 4.79 Å². The predicted molar refractivity (Wildman–Crippen MR) is 96.4 cm³/mol. The van der Waals surface area contributed by atoms with E-state index in [2.05, 4.69) is 25.5 Å². The predicted octanol–water partition coefficient (Wildman–Crippen LogP) is 1.39. The third-order valence-corrected chi connectivity index (χ3v) is 4.79. The number of anilines is 1. The zero-order valence-electron chi connectivity index (χ0n) is 14.7. The maximum Gasteiger partial charge on any atom is 0.227 e. The fraction of sp³-hybridized carbons (Fsp3) is 0.389. The van der Waals surface area contributed by atoms with Gasteiger partial charge in [0.1, 0.15) is 0 Å². The summed E-state index contributed by atoms with van der Waals surface area (Å²) in [6.45, 7) is 2.18. The van der Waals surface area contributed by atoms with E-state index < -0.39 is 0 Å². The largest absolute Gasteiger partial charge is 0.354 e. The van der Waals surface area contributed by atoms with E-state index in [1.54, 1.807) is 0 Å². The molecule has 1 aromatic carbocycles. The number of piperidine rings is 1. The molecule has 1 unspecified atom stereocenters. The summed E-state index contributed by atoms with van der Waals surface area (Å²) in [4.78, 5) is 16.9. The van der Waals surface area contributed by atoms with Crippen molar-refractivity contribution in [2.45, 2.75) is 19.4 Å². The number of benzene rings is 1. The van der Waals surface area contributed by atoms with Crippen LogP contribution in [0.3, 0.4) is 0 Å². The number of carbonyl (C=O) groups is 1.